The van der Waals surface area contributed by atoms with Gasteiger partial charge in [-0.25, -0.2) is 0 Å². The maximum absolute atomic E-state index is 6.41. The Morgan fingerprint density at radius 2 is 2.10 bits per heavy atom. The summed E-state index contributed by atoms with van der Waals surface area (Å²) in [5.41, 5.74) is 2.37. The zero-order valence-electron chi connectivity index (χ0n) is 13.3. The lowest BCUT2D eigenvalue weighted by molar-refractivity contribution is 0.127. The van der Waals surface area contributed by atoms with Crippen molar-refractivity contribution in [3.05, 3.63) is 16.4 Å². The number of hydrogen-bond acceptors (Lipinski definition) is 3. The van der Waals surface area contributed by atoms with Gasteiger partial charge in [-0.15, -0.1) is 0 Å². The summed E-state index contributed by atoms with van der Waals surface area (Å²) in [4.78, 5) is 2.49. The lowest BCUT2D eigenvalue weighted by atomic mass is 9.85. The number of nitrogens with one attached hydrogen (secondary N) is 1. The number of piperazine rings is 1. The van der Waals surface area contributed by atoms with Crippen LogP contribution in [0.1, 0.15) is 39.1 Å². The highest BCUT2D eigenvalue weighted by molar-refractivity contribution is 6.31. The molecule has 0 amide bonds. The van der Waals surface area contributed by atoms with Gasteiger partial charge in [-0.05, 0) is 19.3 Å². The molecule has 4 nitrogen and oxygen atoms in total. The van der Waals surface area contributed by atoms with Crippen molar-refractivity contribution >= 4 is 11.6 Å². The lowest BCUT2D eigenvalue weighted by Gasteiger charge is -2.40. The van der Waals surface area contributed by atoms with Crippen LogP contribution in [0.15, 0.2) is 0 Å². The van der Waals surface area contributed by atoms with Crippen LogP contribution in [0.3, 0.4) is 0 Å². The normalized spacial score (nSPS) is 21.4. The van der Waals surface area contributed by atoms with E-state index in [1.54, 1.807) is 0 Å². The molecule has 5 heteroatoms. The summed E-state index contributed by atoms with van der Waals surface area (Å²) in [6, 6.07) is 0.522. The third kappa shape index (κ3) is 3.35. The van der Waals surface area contributed by atoms with Gasteiger partial charge >= 0.3 is 0 Å². The molecule has 0 aromatic carbocycles. The molecule has 0 aliphatic carbocycles. The minimum Gasteiger partial charge on any atom is -0.311 e. The standard InChI is InChI=1S/C15H27ClN4/c1-6-20-12(14(16)11(2)18-20)9-19-8-7-17-13(10-19)15(3,4)5/h13,17H,6-10H2,1-5H3. The molecular formula is C15H27ClN4. The van der Waals surface area contributed by atoms with E-state index in [0.29, 0.717) is 6.04 Å². The molecule has 0 saturated carbocycles. The van der Waals surface area contributed by atoms with Gasteiger partial charge < -0.3 is 5.32 Å². The Bertz CT molecular complexity index is 461. The fourth-order valence-electron chi connectivity index (χ4n) is 2.77. The minimum atomic E-state index is 0.281. The number of nitrogens with zero attached hydrogens (tertiary/aromatic N) is 3. The Morgan fingerprint density at radius 1 is 1.40 bits per heavy atom. The highest BCUT2D eigenvalue weighted by Gasteiger charge is 2.30. The number of halogens is 1. The Hall–Kier alpha value is -0.580. The van der Waals surface area contributed by atoms with Crippen LogP contribution in [-0.4, -0.2) is 40.4 Å². The quantitative estimate of drug-likeness (QED) is 0.931. The van der Waals surface area contributed by atoms with Crippen LogP contribution < -0.4 is 5.32 Å². The number of hydrogen-bond donors (Lipinski definition) is 1. The van der Waals surface area contributed by atoms with Crippen LogP contribution in [0, 0.1) is 12.3 Å². The van der Waals surface area contributed by atoms with Gasteiger partial charge in [0.15, 0.2) is 0 Å². The van der Waals surface area contributed by atoms with Gasteiger partial charge in [-0.1, -0.05) is 32.4 Å². The molecule has 2 heterocycles. The first kappa shape index (κ1) is 15.8. The van der Waals surface area contributed by atoms with Crippen molar-refractivity contribution in [3.8, 4) is 0 Å². The summed E-state index contributed by atoms with van der Waals surface area (Å²) < 4.78 is 2.03. The third-order valence-electron chi connectivity index (χ3n) is 4.13. The van der Waals surface area contributed by atoms with Crippen molar-refractivity contribution in [2.45, 2.75) is 53.8 Å². The Morgan fingerprint density at radius 3 is 2.70 bits per heavy atom. The van der Waals surface area contributed by atoms with Gasteiger partial charge in [0.25, 0.3) is 0 Å². The van der Waals surface area contributed by atoms with E-state index in [1.807, 2.05) is 11.6 Å². The van der Waals surface area contributed by atoms with E-state index in [0.717, 1.165) is 49.1 Å². The Kier molecular flexibility index (Phi) is 4.77. The number of aryl methyl sites for hydroxylation is 2. The Labute approximate surface area is 127 Å². The summed E-state index contributed by atoms with van der Waals surface area (Å²) in [6.45, 7) is 15.9. The van der Waals surface area contributed by atoms with Gasteiger partial charge in [0.05, 0.1) is 16.4 Å². The van der Waals surface area contributed by atoms with E-state index in [1.165, 1.54) is 0 Å². The zero-order valence-corrected chi connectivity index (χ0v) is 14.1. The monoisotopic (exact) mass is 298 g/mol. The summed E-state index contributed by atoms with van der Waals surface area (Å²) in [6.07, 6.45) is 0. The van der Waals surface area contributed by atoms with E-state index in [4.69, 9.17) is 11.6 Å². The average Bonchev–Trinajstić information content (AvgIpc) is 2.66. The van der Waals surface area contributed by atoms with Crippen molar-refractivity contribution in [2.24, 2.45) is 5.41 Å². The minimum absolute atomic E-state index is 0.281. The molecule has 20 heavy (non-hydrogen) atoms. The molecule has 1 N–H and O–H groups in total. The summed E-state index contributed by atoms with van der Waals surface area (Å²) in [5.74, 6) is 0. The molecule has 1 unspecified atom stereocenters. The average molecular weight is 299 g/mol. The fraction of sp³-hybridized carbons (Fsp3) is 0.800. The molecule has 1 saturated heterocycles. The predicted molar refractivity (Wildman–Crippen MR) is 84.2 cm³/mol. The van der Waals surface area contributed by atoms with Crippen molar-refractivity contribution < 1.29 is 0 Å². The van der Waals surface area contributed by atoms with Crippen molar-refractivity contribution in [3.63, 3.8) is 0 Å². The smallest absolute Gasteiger partial charge is 0.0860 e. The molecule has 114 valence electrons. The van der Waals surface area contributed by atoms with E-state index in [9.17, 15) is 0 Å². The molecule has 1 aliphatic rings. The molecule has 1 aromatic heterocycles. The van der Waals surface area contributed by atoms with E-state index in [-0.39, 0.29) is 5.41 Å². The number of aromatic nitrogens is 2. The molecular weight excluding hydrogens is 272 g/mol. The third-order valence-corrected chi connectivity index (χ3v) is 4.62. The van der Waals surface area contributed by atoms with Crippen LogP contribution in [0.25, 0.3) is 0 Å². The number of rotatable bonds is 3. The van der Waals surface area contributed by atoms with Gasteiger partial charge in [0.1, 0.15) is 0 Å². The maximum atomic E-state index is 6.41. The van der Waals surface area contributed by atoms with Gasteiger partial charge in [-0.3, -0.25) is 9.58 Å². The Balaban J connectivity index is 2.10. The molecule has 0 bridgehead atoms. The molecule has 1 fully saturated rings. The molecule has 0 spiro atoms. The van der Waals surface area contributed by atoms with E-state index >= 15 is 0 Å². The molecule has 1 aliphatic heterocycles. The SMILES string of the molecule is CCn1nc(C)c(Cl)c1CN1CCNC(C(C)(C)C)C1. The van der Waals surface area contributed by atoms with Gasteiger partial charge in [-0.2, -0.15) is 5.10 Å². The molecule has 1 atom stereocenters. The second-order valence-electron chi connectivity index (χ2n) is 6.77. The molecule has 2 rings (SSSR count). The van der Waals surface area contributed by atoms with E-state index < -0.39 is 0 Å². The first-order valence-corrected chi connectivity index (χ1v) is 7.88. The second-order valence-corrected chi connectivity index (χ2v) is 7.15. The zero-order chi connectivity index (χ0) is 14.9. The maximum Gasteiger partial charge on any atom is 0.0860 e. The second kappa shape index (κ2) is 6.04. The van der Waals surface area contributed by atoms with Crippen molar-refractivity contribution in [1.82, 2.24) is 20.0 Å². The van der Waals surface area contributed by atoms with Crippen molar-refractivity contribution in [2.75, 3.05) is 19.6 Å². The van der Waals surface area contributed by atoms with Gasteiger partial charge in [0, 0.05) is 38.8 Å². The predicted octanol–water partition coefficient (Wildman–Crippen LogP) is 2.68. The highest BCUT2D eigenvalue weighted by Crippen LogP contribution is 2.25. The van der Waals surface area contributed by atoms with Gasteiger partial charge in [0.2, 0.25) is 0 Å². The summed E-state index contributed by atoms with van der Waals surface area (Å²) in [7, 11) is 0. The summed E-state index contributed by atoms with van der Waals surface area (Å²) >= 11 is 6.41. The van der Waals surface area contributed by atoms with Crippen LogP contribution in [0.2, 0.25) is 5.02 Å². The summed E-state index contributed by atoms with van der Waals surface area (Å²) in [5, 5.41) is 8.96. The molecule has 0 radical (unpaired) electrons. The van der Waals surface area contributed by atoms with Crippen LogP contribution in [-0.2, 0) is 13.1 Å². The fourth-order valence-corrected chi connectivity index (χ4v) is 2.96. The first-order valence-electron chi connectivity index (χ1n) is 7.50. The van der Waals surface area contributed by atoms with Crippen LogP contribution in [0.4, 0.5) is 0 Å². The van der Waals surface area contributed by atoms with Crippen LogP contribution >= 0.6 is 11.6 Å². The van der Waals surface area contributed by atoms with Crippen LogP contribution in [0.5, 0.6) is 0 Å². The largest absolute Gasteiger partial charge is 0.311 e. The first-order chi connectivity index (χ1) is 9.32. The van der Waals surface area contributed by atoms with Crippen molar-refractivity contribution in [1.29, 1.82) is 0 Å². The lowest BCUT2D eigenvalue weighted by Crippen LogP contribution is -2.55. The molecule has 1 aromatic rings. The highest BCUT2D eigenvalue weighted by atomic mass is 35.5. The topological polar surface area (TPSA) is 33.1 Å². The van der Waals surface area contributed by atoms with E-state index in [2.05, 4.69) is 43.0 Å².